The van der Waals surface area contributed by atoms with Crippen LogP contribution in [-0.4, -0.2) is 55.3 Å². The third-order valence-corrected chi connectivity index (χ3v) is 4.51. The minimum atomic E-state index is 0.606. The van der Waals surface area contributed by atoms with Crippen molar-refractivity contribution < 1.29 is 4.74 Å². The fourth-order valence-electron chi connectivity index (χ4n) is 2.65. The van der Waals surface area contributed by atoms with E-state index < -0.39 is 0 Å². The molecule has 0 bridgehead atoms. The van der Waals surface area contributed by atoms with Crippen LogP contribution in [0.5, 0.6) is 0 Å². The Morgan fingerprint density at radius 3 is 2.53 bits per heavy atom. The number of nitrogens with two attached hydrogens (primary N) is 1. The van der Waals surface area contributed by atoms with Gasteiger partial charge in [-0.25, -0.2) is 0 Å². The molecule has 0 radical (unpaired) electrons. The van der Waals surface area contributed by atoms with Crippen LogP contribution in [0.25, 0.3) is 0 Å². The highest BCUT2D eigenvalue weighted by molar-refractivity contribution is 7.99. The van der Waals surface area contributed by atoms with Crippen molar-refractivity contribution in [2.24, 2.45) is 11.7 Å². The number of hydrogen-bond acceptors (Lipinski definition) is 4. The molecule has 0 aliphatic carbocycles. The van der Waals surface area contributed by atoms with Crippen LogP contribution in [-0.2, 0) is 4.74 Å². The Morgan fingerprint density at radius 1 is 1.27 bits per heavy atom. The molecule has 0 aromatic carbocycles. The number of rotatable bonds is 3. The summed E-state index contributed by atoms with van der Waals surface area (Å²) in [5.41, 5.74) is 5.95. The van der Waals surface area contributed by atoms with Crippen LogP contribution in [0.4, 0.5) is 0 Å². The summed E-state index contributed by atoms with van der Waals surface area (Å²) in [4.78, 5) is 2.60. The Morgan fingerprint density at radius 2 is 1.93 bits per heavy atom. The molecular weight excluding hydrogens is 208 g/mol. The highest BCUT2D eigenvalue weighted by Crippen LogP contribution is 2.24. The maximum Gasteiger partial charge on any atom is 0.0469 e. The van der Waals surface area contributed by atoms with Gasteiger partial charge in [0.15, 0.2) is 0 Å². The van der Waals surface area contributed by atoms with Crippen molar-refractivity contribution in [3.63, 3.8) is 0 Å². The molecule has 4 heteroatoms. The normalized spacial score (nSPS) is 27.8. The Hall–Kier alpha value is 0.230. The van der Waals surface area contributed by atoms with E-state index in [1.165, 1.54) is 37.4 Å². The van der Waals surface area contributed by atoms with Crippen LogP contribution in [0.3, 0.4) is 0 Å². The number of hydrogen-bond donors (Lipinski definition) is 1. The zero-order chi connectivity index (χ0) is 10.5. The Bertz CT molecular complexity index is 161. The Balaban J connectivity index is 1.88. The molecular formula is C11H22N2OS. The lowest BCUT2D eigenvalue weighted by Crippen LogP contribution is -2.50. The van der Waals surface area contributed by atoms with Crippen molar-refractivity contribution in [1.29, 1.82) is 0 Å². The molecule has 0 aromatic heterocycles. The fraction of sp³-hybridized carbons (Fsp3) is 1.00. The first-order valence-electron chi connectivity index (χ1n) is 6.01. The third-order valence-electron chi connectivity index (χ3n) is 3.57. The fourth-order valence-corrected chi connectivity index (χ4v) is 3.58. The second-order valence-corrected chi connectivity index (χ2v) is 5.63. The van der Waals surface area contributed by atoms with Crippen molar-refractivity contribution in [3.8, 4) is 0 Å². The van der Waals surface area contributed by atoms with Crippen LogP contribution in [0, 0.1) is 5.92 Å². The second-order valence-electron chi connectivity index (χ2n) is 4.40. The van der Waals surface area contributed by atoms with Crippen molar-refractivity contribution in [3.05, 3.63) is 0 Å². The van der Waals surface area contributed by atoms with E-state index in [2.05, 4.69) is 16.7 Å². The summed E-state index contributed by atoms with van der Waals surface area (Å²) in [5, 5.41) is 0. The molecule has 3 nitrogen and oxygen atoms in total. The molecule has 2 N–H and O–H groups in total. The molecule has 88 valence electrons. The molecule has 0 aromatic rings. The highest BCUT2D eigenvalue weighted by atomic mass is 32.2. The van der Waals surface area contributed by atoms with E-state index in [0.29, 0.717) is 6.04 Å². The Kier molecular flexibility index (Phi) is 4.75. The maximum absolute atomic E-state index is 5.95. The molecule has 2 rings (SSSR count). The number of thioether (sulfide) groups is 1. The van der Waals surface area contributed by atoms with Crippen molar-refractivity contribution in [2.45, 2.75) is 18.9 Å². The predicted octanol–water partition coefficient (Wildman–Crippen LogP) is 0.789. The van der Waals surface area contributed by atoms with E-state index in [0.717, 1.165) is 25.7 Å². The van der Waals surface area contributed by atoms with Gasteiger partial charge in [-0.05, 0) is 18.8 Å². The van der Waals surface area contributed by atoms with Crippen molar-refractivity contribution >= 4 is 11.8 Å². The molecule has 0 saturated carbocycles. The standard InChI is InChI=1S/C11H22N2OS/c12-9-11(10-1-5-14-6-2-10)13-3-7-15-8-4-13/h10-11H,1-9,12H2. The smallest absolute Gasteiger partial charge is 0.0469 e. The lowest BCUT2D eigenvalue weighted by atomic mass is 9.90. The van der Waals surface area contributed by atoms with E-state index in [4.69, 9.17) is 10.5 Å². The van der Waals surface area contributed by atoms with Crippen LogP contribution in [0.15, 0.2) is 0 Å². The first-order chi connectivity index (χ1) is 7.42. The molecule has 1 unspecified atom stereocenters. The average Bonchev–Trinajstić information content (AvgIpc) is 2.33. The van der Waals surface area contributed by atoms with E-state index in [-0.39, 0.29) is 0 Å². The number of nitrogens with zero attached hydrogens (tertiary/aromatic N) is 1. The van der Waals surface area contributed by atoms with Crippen LogP contribution in [0.2, 0.25) is 0 Å². The van der Waals surface area contributed by atoms with Gasteiger partial charge in [0.2, 0.25) is 0 Å². The maximum atomic E-state index is 5.95. The van der Waals surface area contributed by atoms with Gasteiger partial charge in [0.1, 0.15) is 0 Å². The van der Waals surface area contributed by atoms with Gasteiger partial charge in [-0.1, -0.05) is 0 Å². The monoisotopic (exact) mass is 230 g/mol. The van der Waals surface area contributed by atoms with Gasteiger partial charge in [-0.2, -0.15) is 11.8 Å². The van der Waals surface area contributed by atoms with E-state index in [1.54, 1.807) is 0 Å². The zero-order valence-electron chi connectivity index (χ0n) is 9.36. The topological polar surface area (TPSA) is 38.5 Å². The summed E-state index contributed by atoms with van der Waals surface area (Å²) < 4.78 is 5.42. The lowest BCUT2D eigenvalue weighted by Gasteiger charge is -2.39. The molecule has 0 spiro atoms. The Labute approximate surface area is 96.7 Å². The van der Waals surface area contributed by atoms with Crippen LogP contribution in [0.1, 0.15) is 12.8 Å². The van der Waals surface area contributed by atoms with Gasteiger partial charge in [0.25, 0.3) is 0 Å². The third kappa shape index (κ3) is 3.09. The molecule has 2 aliphatic rings. The van der Waals surface area contributed by atoms with Gasteiger partial charge < -0.3 is 10.5 Å². The summed E-state index contributed by atoms with van der Waals surface area (Å²) in [6, 6.07) is 0.606. The molecule has 2 aliphatic heterocycles. The summed E-state index contributed by atoms with van der Waals surface area (Å²) >= 11 is 2.07. The molecule has 2 saturated heterocycles. The van der Waals surface area contributed by atoms with Gasteiger partial charge in [0, 0.05) is 50.4 Å². The minimum absolute atomic E-state index is 0.606. The second kappa shape index (κ2) is 6.09. The van der Waals surface area contributed by atoms with E-state index >= 15 is 0 Å². The average molecular weight is 230 g/mol. The molecule has 2 heterocycles. The summed E-state index contributed by atoms with van der Waals surface area (Å²) in [7, 11) is 0. The highest BCUT2D eigenvalue weighted by Gasteiger charge is 2.28. The molecule has 2 fully saturated rings. The van der Waals surface area contributed by atoms with E-state index in [1.807, 2.05) is 0 Å². The summed E-state index contributed by atoms with van der Waals surface area (Å²) in [6.45, 7) is 5.14. The zero-order valence-corrected chi connectivity index (χ0v) is 10.2. The number of ether oxygens (including phenoxy) is 1. The van der Waals surface area contributed by atoms with Gasteiger partial charge >= 0.3 is 0 Å². The van der Waals surface area contributed by atoms with Crippen LogP contribution < -0.4 is 5.73 Å². The first kappa shape index (κ1) is 11.7. The quantitative estimate of drug-likeness (QED) is 0.778. The van der Waals surface area contributed by atoms with Gasteiger partial charge in [-0.15, -0.1) is 0 Å². The van der Waals surface area contributed by atoms with E-state index in [9.17, 15) is 0 Å². The van der Waals surface area contributed by atoms with Crippen molar-refractivity contribution in [1.82, 2.24) is 4.90 Å². The van der Waals surface area contributed by atoms with Gasteiger partial charge in [0.05, 0.1) is 0 Å². The largest absolute Gasteiger partial charge is 0.381 e. The SMILES string of the molecule is NCC(C1CCOCC1)N1CCSCC1. The lowest BCUT2D eigenvalue weighted by molar-refractivity contribution is 0.0300. The first-order valence-corrected chi connectivity index (χ1v) is 7.17. The van der Waals surface area contributed by atoms with Crippen molar-refractivity contribution in [2.75, 3.05) is 44.4 Å². The van der Waals surface area contributed by atoms with Crippen LogP contribution >= 0.6 is 11.8 Å². The summed E-state index contributed by atoms with van der Waals surface area (Å²) in [6.07, 6.45) is 2.40. The minimum Gasteiger partial charge on any atom is -0.381 e. The predicted molar refractivity (Wildman–Crippen MR) is 65.3 cm³/mol. The molecule has 0 amide bonds. The molecule has 15 heavy (non-hydrogen) atoms. The summed E-state index contributed by atoms with van der Waals surface area (Å²) in [5.74, 6) is 3.33. The molecule has 1 atom stereocenters. The van der Waals surface area contributed by atoms with Gasteiger partial charge in [-0.3, -0.25) is 4.90 Å².